The summed E-state index contributed by atoms with van der Waals surface area (Å²) in [5.74, 6) is -0.128. The molecule has 2 unspecified atom stereocenters. The summed E-state index contributed by atoms with van der Waals surface area (Å²) in [5.41, 5.74) is 1.10. The quantitative estimate of drug-likeness (QED) is 0.787. The Morgan fingerprint density at radius 1 is 1.43 bits per heavy atom. The summed E-state index contributed by atoms with van der Waals surface area (Å²) in [7, 11) is 0. The van der Waals surface area contributed by atoms with E-state index in [4.69, 9.17) is 0 Å². The molecule has 1 aliphatic rings. The summed E-state index contributed by atoms with van der Waals surface area (Å²) in [6, 6.07) is 8.13. The van der Waals surface area contributed by atoms with Crippen molar-refractivity contribution in [2.45, 2.75) is 58.0 Å². The maximum atomic E-state index is 13.3. The van der Waals surface area contributed by atoms with E-state index in [-0.39, 0.29) is 5.82 Å². The van der Waals surface area contributed by atoms with E-state index in [1.807, 2.05) is 12.1 Å². The van der Waals surface area contributed by atoms with Crippen molar-refractivity contribution >= 4 is 0 Å². The molecule has 3 heteroatoms. The Kier molecular flexibility index (Phi) is 6.65. The van der Waals surface area contributed by atoms with Crippen LogP contribution in [0.5, 0.6) is 0 Å². The number of nitrogens with one attached hydrogen (secondary N) is 1. The first kappa shape index (κ1) is 16.4. The number of rotatable bonds is 8. The fourth-order valence-corrected chi connectivity index (χ4v) is 3.18. The molecule has 0 aliphatic carbocycles. The zero-order chi connectivity index (χ0) is 15.1. The van der Waals surface area contributed by atoms with E-state index in [2.05, 4.69) is 24.1 Å². The number of hydrogen-bond acceptors (Lipinski definition) is 2. The molecule has 2 atom stereocenters. The van der Waals surface area contributed by atoms with Crippen molar-refractivity contribution in [1.82, 2.24) is 10.2 Å². The second kappa shape index (κ2) is 8.50. The number of benzene rings is 1. The first-order valence-electron chi connectivity index (χ1n) is 8.41. The largest absolute Gasteiger partial charge is 0.313 e. The average Bonchev–Trinajstić information content (AvgIpc) is 2.96. The minimum Gasteiger partial charge on any atom is -0.313 e. The summed E-state index contributed by atoms with van der Waals surface area (Å²) in [5, 5.41) is 3.59. The van der Waals surface area contributed by atoms with Gasteiger partial charge in [0.2, 0.25) is 0 Å². The summed E-state index contributed by atoms with van der Waals surface area (Å²) in [4.78, 5) is 2.58. The van der Waals surface area contributed by atoms with Crippen molar-refractivity contribution in [3.05, 3.63) is 35.6 Å². The van der Waals surface area contributed by atoms with Crippen molar-refractivity contribution < 1.29 is 4.39 Å². The molecule has 1 aliphatic heterocycles. The van der Waals surface area contributed by atoms with E-state index in [0.717, 1.165) is 31.6 Å². The maximum absolute atomic E-state index is 13.3. The Balaban J connectivity index is 1.93. The van der Waals surface area contributed by atoms with Crippen molar-refractivity contribution in [2.24, 2.45) is 0 Å². The normalized spacial score (nSPS) is 20.1. The summed E-state index contributed by atoms with van der Waals surface area (Å²) in [6.45, 7) is 7.94. The number of nitrogens with zero attached hydrogens (tertiary/aromatic N) is 1. The van der Waals surface area contributed by atoms with Gasteiger partial charge >= 0.3 is 0 Å². The zero-order valence-corrected chi connectivity index (χ0v) is 13.4. The lowest BCUT2D eigenvalue weighted by atomic mass is 10.0. The molecule has 1 heterocycles. The van der Waals surface area contributed by atoms with Crippen LogP contribution in [0.15, 0.2) is 24.3 Å². The third kappa shape index (κ3) is 5.40. The van der Waals surface area contributed by atoms with Crippen LogP contribution in [0.25, 0.3) is 0 Å². The molecule has 21 heavy (non-hydrogen) atoms. The van der Waals surface area contributed by atoms with Crippen LogP contribution in [-0.4, -0.2) is 36.6 Å². The van der Waals surface area contributed by atoms with Crippen molar-refractivity contribution in [3.63, 3.8) is 0 Å². The topological polar surface area (TPSA) is 15.3 Å². The molecule has 1 fully saturated rings. The molecule has 0 radical (unpaired) electrons. The highest BCUT2D eigenvalue weighted by atomic mass is 19.1. The average molecular weight is 292 g/mol. The van der Waals surface area contributed by atoms with Gasteiger partial charge in [-0.15, -0.1) is 0 Å². The zero-order valence-electron chi connectivity index (χ0n) is 13.4. The Morgan fingerprint density at radius 2 is 2.29 bits per heavy atom. The predicted molar refractivity (Wildman–Crippen MR) is 87.1 cm³/mol. The minimum atomic E-state index is -0.128. The van der Waals surface area contributed by atoms with Crippen LogP contribution < -0.4 is 5.32 Å². The molecule has 1 N–H and O–H groups in total. The van der Waals surface area contributed by atoms with Crippen LogP contribution in [0, 0.1) is 5.82 Å². The lowest BCUT2D eigenvalue weighted by Gasteiger charge is -2.31. The highest BCUT2D eigenvalue weighted by Gasteiger charge is 2.21. The van der Waals surface area contributed by atoms with Gasteiger partial charge in [-0.1, -0.05) is 25.5 Å². The van der Waals surface area contributed by atoms with Crippen LogP contribution in [0.4, 0.5) is 4.39 Å². The lowest BCUT2D eigenvalue weighted by molar-refractivity contribution is 0.187. The van der Waals surface area contributed by atoms with Crippen LogP contribution >= 0.6 is 0 Å². The summed E-state index contributed by atoms with van der Waals surface area (Å²) in [6.07, 6.45) is 5.97. The predicted octanol–water partition coefficient (Wildman–Crippen LogP) is 3.61. The van der Waals surface area contributed by atoms with E-state index in [1.165, 1.54) is 31.7 Å². The molecule has 118 valence electrons. The van der Waals surface area contributed by atoms with Gasteiger partial charge in [-0.25, -0.2) is 4.39 Å². The molecule has 2 nitrogen and oxygen atoms in total. The third-order valence-electron chi connectivity index (χ3n) is 4.46. The molecule has 1 saturated heterocycles. The smallest absolute Gasteiger partial charge is 0.123 e. The Bertz CT molecular complexity index is 415. The van der Waals surface area contributed by atoms with Crippen LogP contribution in [-0.2, 0) is 6.42 Å². The summed E-state index contributed by atoms with van der Waals surface area (Å²) >= 11 is 0. The second-order valence-electron chi connectivity index (χ2n) is 6.32. The van der Waals surface area contributed by atoms with E-state index >= 15 is 0 Å². The Morgan fingerprint density at radius 3 is 2.95 bits per heavy atom. The molecule has 0 saturated carbocycles. The van der Waals surface area contributed by atoms with E-state index in [1.54, 1.807) is 6.07 Å². The van der Waals surface area contributed by atoms with Crippen LogP contribution in [0.3, 0.4) is 0 Å². The number of halogens is 1. The van der Waals surface area contributed by atoms with Gasteiger partial charge in [0, 0.05) is 18.6 Å². The monoisotopic (exact) mass is 292 g/mol. The first-order valence-corrected chi connectivity index (χ1v) is 8.41. The number of unbranched alkanes of at least 4 members (excludes halogenated alkanes) is 1. The van der Waals surface area contributed by atoms with Gasteiger partial charge in [0.05, 0.1) is 0 Å². The Labute approximate surface area is 128 Å². The molecule has 2 rings (SSSR count). The van der Waals surface area contributed by atoms with Gasteiger partial charge in [0.25, 0.3) is 0 Å². The summed E-state index contributed by atoms with van der Waals surface area (Å²) < 4.78 is 13.3. The van der Waals surface area contributed by atoms with Gasteiger partial charge in [0.1, 0.15) is 5.82 Å². The molecular weight excluding hydrogens is 263 g/mol. The highest BCUT2D eigenvalue weighted by Crippen LogP contribution is 2.14. The molecule has 1 aromatic rings. The first-order chi connectivity index (χ1) is 10.2. The molecule has 1 aromatic carbocycles. The molecular formula is C18H29FN2. The van der Waals surface area contributed by atoms with E-state index < -0.39 is 0 Å². The van der Waals surface area contributed by atoms with Gasteiger partial charge in [-0.05, 0) is 63.4 Å². The van der Waals surface area contributed by atoms with Gasteiger partial charge in [-0.3, -0.25) is 4.90 Å². The third-order valence-corrected chi connectivity index (χ3v) is 4.46. The SMILES string of the molecule is CCCCN(CC1CCCN1)C(C)Cc1cccc(F)c1. The fraction of sp³-hybridized carbons (Fsp3) is 0.667. The van der Waals surface area contributed by atoms with Crippen molar-refractivity contribution in [2.75, 3.05) is 19.6 Å². The van der Waals surface area contributed by atoms with Gasteiger partial charge < -0.3 is 5.32 Å². The maximum Gasteiger partial charge on any atom is 0.123 e. The van der Waals surface area contributed by atoms with E-state index in [9.17, 15) is 4.39 Å². The van der Waals surface area contributed by atoms with E-state index in [0.29, 0.717) is 12.1 Å². The molecule has 0 amide bonds. The van der Waals surface area contributed by atoms with Crippen molar-refractivity contribution in [3.8, 4) is 0 Å². The number of hydrogen-bond donors (Lipinski definition) is 1. The van der Waals surface area contributed by atoms with Crippen LogP contribution in [0.1, 0.15) is 45.1 Å². The van der Waals surface area contributed by atoms with Crippen molar-refractivity contribution in [1.29, 1.82) is 0 Å². The second-order valence-corrected chi connectivity index (χ2v) is 6.32. The molecule has 0 spiro atoms. The minimum absolute atomic E-state index is 0.128. The fourth-order valence-electron chi connectivity index (χ4n) is 3.18. The van der Waals surface area contributed by atoms with Gasteiger partial charge in [-0.2, -0.15) is 0 Å². The standard InChI is InChI=1S/C18H29FN2/c1-3-4-11-21(14-18-9-6-10-20-18)15(2)12-16-7-5-8-17(19)13-16/h5,7-8,13,15,18,20H,3-4,6,9-12,14H2,1-2H3. The van der Waals surface area contributed by atoms with Crippen LogP contribution in [0.2, 0.25) is 0 Å². The highest BCUT2D eigenvalue weighted by molar-refractivity contribution is 5.17. The van der Waals surface area contributed by atoms with Gasteiger partial charge in [0.15, 0.2) is 0 Å². The molecule has 0 bridgehead atoms. The Hall–Kier alpha value is -0.930. The lowest BCUT2D eigenvalue weighted by Crippen LogP contribution is -2.43. The molecule has 0 aromatic heterocycles.